The molecule has 2 heterocycles. The molecule has 0 aromatic heterocycles. The third-order valence-corrected chi connectivity index (χ3v) is 4.75. The van der Waals surface area contributed by atoms with Crippen LogP contribution in [0.4, 0.5) is 5.69 Å². The van der Waals surface area contributed by atoms with Gasteiger partial charge in [0.1, 0.15) is 6.04 Å². The van der Waals surface area contributed by atoms with Gasteiger partial charge in [0.05, 0.1) is 23.5 Å². The van der Waals surface area contributed by atoms with E-state index in [0.717, 1.165) is 29.4 Å². The molecule has 1 aromatic rings. The molecule has 3 rings (SSSR count). The van der Waals surface area contributed by atoms with Gasteiger partial charge in [-0.2, -0.15) is 0 Å². The second kappa shape index (κ2) is 4.74. The summed E-state index contributed by atoms with van der Waals surface area (Å²) in [7, 11) is 1.77. The number of likely N-dealkylation sites (N-methyl/N-ethyl adjacent to an activating group) is 1. The number of halogens is 1. The molecule has 1 fully saturated rings. The summed E-state index contributed by atoms with van der Waals surface area (Å²) in [5.41, 5.74) is 1.77. The lowest BCUT2D eigenvalue weighted by atomic mass is 10.1. The zero-order valence-electron chi connectivity index (χ0n) is 9.83. The van der Waals surface area contributed by atoms with Crippen molar-refractivity contribution in [3.05, 3.63) is 22.7 Å². The fourth-order valence-electron chi connectivity index (χ4n) is 2.10. The first kappa shape index (κ1) is 12.3. The number of amides is 1. The van der Waals surface area contributed by atoms with Crippen molar-refractivity contribution in [2.75, 3.05) is 25.6 Å². The summed E-state index contributed by atoms with van der Waals surface area (Å²) in [5, 5.41) is 7.02. The van der Waals surface area contributed by atoms with Crippen LogP contribution in [-0.2, 0) is 9.53 Å². The fraction of sp³-hybridized carbons (Fsp3) is 0.417. The molecule has 1 aromatic carbocycles. The molecule has 0 radical (unpaired) electrons. The van der Waals surface area contributed by atoms with Crippen LogP contribution in [0.5, 0.6) is 0 Å². The van der Waals surface area contributed by atoms with Gasteiger partial charge in [-0.15, -0.1) is 11.8 Å². The van der Waals surface area contributed by atoms with Crippen LogP contribution in [0.25, 0.3) is 0 Å². The predicted octanol–water partition coefficient (Wildman–Crippen LogP) is 2.04. The van der Waals surface area contributed by atoms with Gasteiger partial charge >= 0.3 is 0 Å². The summed E-state index contributed by atoms with van der Waals surface area (Å²) < 4.78 is 5.15. The van der Waals surface area contributed by atoms with Crippen LogP contribution in [0.1, 0.15) is 11.6 Å². The maximum Gasteiger partial charge on any atom is 0.246 e. The van der Waals surface area contributed by atoms with Crippen LogP contribution < -0.4 is 10.6 Å². The first-order valence-corrected chi connectivity index (χ1v) is 7.01. The summed E-state index contributed by atoms with van der Waals surface area (Å²) in [6.45, 7) is 1.53. The van der Waals surface area contributed by atoms with Crippen molar-refractivity contribution in [1.82, 2.24) is 5.32 Å². The van der Waals surface area contributed by atoms with Crippen LogP contribution in [0.2, 0.25) is 5.02 Å². The fourth-order valence-corrected chi connectivity index (χ4v) is 3.45. The maximum absolute atomic E-state index is 11.7. The summed E-state index contributed by atoms with van der Waals surface area (Å²) in [6.07, 6.45) is 0. The van der Waals surface area contributed by atoms with E-state index < -0.39 is 0 Å². The highest BCUT2D eigenvalue weighted by Gasteiger charge is 2.31. The number of hydrogen-bond donors (Lipinski definition) is 2. The van der Waals surface area contributed by atoms with E-state index in [9.17, 15) is 4.79 Å². The van der Waals surface area contributed by atoms with E-state index in [1.165, 1.54) is 0 Å². The molecular formula is C12H13ClN2O2S. The molecule has 1 saturated heterocycles. The monoisotopic (exact) mass is 284 g/mol. The lowest BCUT2D eigenvalue weighted by Gasteiger charge is -2.25. The van der Waals surface area contributed by atoms with Crippen molar-refractivity contribution in [3.8, 4) is 0 Å². The Kier molecular flexibility index (Phi) is 3.23. The molecule has 18 heavy (non-hydrogen) atoms. The zero-order chi connectivity index (χ0) is 12.7. The Morgan fingerprint density at radius 1 is 1.50 bits per heavy atom. The zero-order valence-corrected chi connectivity index (χ0v) is 11.4. The summed E-state index contributed by atoms with van der Waals surface area (Å²) in [6, 6.07) is 3.52. The lowest BCUT2D eigenvalue weighted by Crippen LogP contribution is -2.30. The van der Waals surface area contributed by atoms with Gasteiger partial charge in [0.15, 0.2) is 0 Å². The second-order valence-corrected chi connectivity index (χ2v) is 6.11. The maximum atomic E-state index is 11.7. The number of carbonyl (C=O) groups excluding carboxylic acids is 1. The number of nitrogens with one attached hydrogen (secondary N) is 2. The van der Waals surface area contributed by atoms with Crippen molar-refractivity contribution in [2.45, 2.75) is 16.2 Å². The van der Waals surface area contributed by atoms with Crippen LogP contribution in [0.3, 0.4) is 0 Å². The molecule has 1 amide bonds. The summed E-state index contributed by atoms with van der Waals surface area (Å²) in [5.74, 6) is -0.0299. The smallest absolute Gasteiger partial charge is 0.246 e. The van der Waals surface area contributed by atoms with Gasteiger partial charge in [-0.25, -0.2) is 0 Å². The number of thioether (sulfide) groups is 1. The molecular weight excluding hydrogens is 272 g/mol. The topological polar surface area (TPSA) is 50.4 Å². The van der Waals surface area contributed by atoms with E-state index in [2.05, 4.69) is 10.6 Å². The Bertz CT molecular complexity index is 505. The molecule has 96 valence electrons. The second-order valence-electron chi connectivity index (χ2n) is 4.36. The van der Waals surface area contributed by atoms with Gasteiger partial charge in [0.2, 0.25) is 5.91 Å². The minimum absolute atomic E-state index is 0.0299. The molecule has 6 heteroatoms. The summed E-state index contributed by atoms with van der Waals surface area (Å²) in [4.78, 5) is 12.7. The Morgan fingerprint density at radius 2 is 2.28 bits per heavy atom. The van der Waals surface area contributed by atoms with Crippen LogP contribution in [-0.4, -0.2) is 31.4 Å². The van der Waals surface area contributed by atoms with Gasteiger partial charge in [0, 0.05) is 16.1 Å². The molecule has 2 aliphatic heterocycles. The average molecular weight is 285 g/mol. The van der Waals surface area contributed by atoms with E-state index >= 15 is 0 Å². The predicted molar refractivity (Wildman–Crippen MR) is 72.3 cm³/mol. The largest absolute Gasteiger partial charge is 0.379 e. The Balaban J connectivity index is 1.91. The highest BCUT2D eigenvalue weighted by Crippen LogP contribution is 2.40. The molecule has 0 saturated carbocycles. The molecule has 0 aliphatic carbocycles. The van der Waals surface area contributed by atoms with Gasteiger partial charge in [-0.1, -0.05) is 11.6 Å². The number of ether oxygens (including phenoxy) is 1. The molecule has 2 N–H and O–H groups in total. The highest BCUT2D eigenvalue weighted by atomic mass is 35.5. The van der Waals surface area contributed by atoms with Gasteiger partial charge in [-0.3, -0.25) is 4.79 Å². The van der Waals surface area contributed by atoms with Crippen molar-refractivity contribution in [1.29, 1.82) is 0 Å². The van der Waals surface area contributed by atoms with E-state index in [-0.39, 0.29) is 11.9 Å². The van der Waals surface area contributed by atoms with E-state index in [4.69, 9.17) is 16.3 Å². The van der Waals surface area contributed by atoms with E-state index in [0.29, 0.717) is 10.3 Å². The summed E-state index contributed by atoms with van der Waals surface area (Å²) >= 11 is 7.98. The molecule has 0 bridgehead atoms. The molecule has 1 unspecified atom stereocenters. The number of benzene rings is 1. The Morgan fingerprint density at radius 3 is 2.89 bits per heavy atom. The van der Waals surface area contributed by atoms with E-state index in [1.807, 2.05) is 12.1 Å². The van der Waals surface area contributed by atoms with Gasteiger partial charge < -0.3 is 15.4 Å². The third kappa shape index (κ3) is 2.01. The Hall–Kier alpha value is -0.750. The minimum atomic E-state index is -0.302. The number of fused-ring (bicyclic) bond motifs is 1. The SMILES string of the molecule is CNC1C(=O)Nc2cc(SC3COC3)c(Cl)cc21. The number of carbonyl (C=O) groups is 1. The van der Waals surface area contributed by atoms with E-state index in [1.54, 1.807) is 18.8 Å². The standard InChI is InChI=1S/C12H13ClN2O2S/c1-14-11-7-2-8(13)10(18-6-4-17-5-6)3-9(7)15-12(11)16/h2-3,6,11,14H,4-5H2,1H3,(H,15,16). The van der Waals surface area contributed by atoms with Gasteiger partial charge in [0.25, 0.3) is 0 Å². The molecule has 2 aliphatic rings. The number of anilines is 1. The first-order valence-electron chi connectivity index (χ1n) is 5.75. The first-order chi connectivity index (χ1) is 8.69. The minimum Gasteiger partial charge on any atom is -0.379 e. The van der Waals surface area contributed by atoms with Crippen molar-refractivity contribution >= 4 is 35.0 Å². The lowest BCUT2D eigenvalue weighted by molar-refractivity contribution is -0.117. The average Bonchev–Trinajstić information content (AvgIpc) is 2.58. The van der Waals surface area contributed by atoms with Crippen LogP contribution in [0, 0.1) is 0 Å². The molecule has 1 atom stereocenters. The number of hydrogen-bond acceptors (Lipinski definition) is 4. The normalized spacial score (nSPS) is 22.6. The molecule has 4 nitrogen and oxygen atoms in total. The quantitative estimate of drug-likeness (QED) is 0.892. The van der Waals surface area contributed by atoms with Crippen molar-refractivity contribution < 1.29 is 9.53 Å². The van der Waals surface area contributed by atoms with Gasteiger partial charge in [-0.05, 0) is 19.2 Å². The van der Waals surface area contributed by atoms with Crippen molar-refractivity contribution in [2.24, 2.45) is 0 Å². The Labute approximate surface area is 114 Å². The number of rotatable bonds is 3. The molecule has 0 spiro atoms. The van der Waals surface area contributed by atoms with Crippen LogP contribution >= 0.6 is 23.4 Å². The highest BCUT2D eigenvalue weighted by molar-refractivity contribution is 8.00. The van der Waals surface area contributed by atoms with Crippen molar-refractivity contribution in [3.63, 3.8) is 0 Å². The van der Waals surface area contributed by atoms with Crippen LogP contribution in [0.15, 0.2) is 17.0 Å². The third-order valence-electron chi connectivity index (χ3n) is 3.12.